The minimum absolute atomic E-state index is 0.301. The number of rotatable bonds is 1. The Bertz CT molecular complexity index is 782. The van der Waals surface area contributed by atoms with E-state index >= 15 is 0 Å². The van der Waals surface area contributed by atoms with Crippen molar-refractivity contribution in [3.05, 3.63) is 34.6 Å². The third kappa shape index (κ3) is 3.04. The molecule has 0 amide bonds. The van der Waals surface area contributed by atoms with Gasteiger partial charge in [-0.3, -0.25) is 0 Å². The predicted molar refractivity (Wildman–Crippen MR) is 102 cm³/mol. The lowest BCUT2D eigenvalue weighted by molar-refractivity contribution is -0.877. The summed E-state index contributed by atoms with van der Waals surface area (Å²) in [6.07, 6.45) is 13.0. The molecule has 1 N–H and O–H groups in total. The number of nitrogens with zero attached hydrogens (tertiary/aromatic N) is 2. The zero-order chi connectivity index (χ0) is 18.5. The third-order valence-corrected chi connectivity index (χ3v) is 7.19. The Morgan fingerprint density at radius 2 is 1.81 bits per heavy atom. The van der Waals surface area contributed by atoms with Gasteiger partial charge < -0.3 is 4.90 Å². The number of nitrogens with one attached hydrogen (secondary N) is 1. The summed E-state index contributed by atoms with van der Waals surface area (Å²) in [5.41, 5.74) is 5.15. The number of hydrogen-bond acceptors (Lipinski definition) is 2. The highest BCUT2D eigenvalue weighted by molar-refractivity contribution is 5.49. The quantitative estimate of drug-likeness (QED) is 0.732. The zero-order valence-corrected chi connectivity index (χ0v) is 16.4. The van der Waals surface area contributed by atoms with Crippen LogP contribution < -0.4 is 4.90 Å². The Kier molecular flexibility index (Phi) is 4.13. The maximum atomic E-state index is 9.20. The molecule has 2 bridgehead atoms. The van der Waals surface area contributed by atoms with Crippen LogP contribution in [0.4, 0.5) is 0 Å². The highest BCUT2D eigenvalue weighted by Crippen LogP contribution is 2.48. The van der Waals surface area contributed by atoms with Crippen molar-refractivity contribution in [2.75, 3.05) is 6.54 Å². The largest absolute Gasteiger partial charge is 0.303 e. The summed E-state index contributed by atoms with van der Waals surface area (Å²) < 4.78 is 0. The van der Waals surface area contributed by atoms with E-state index in [4.69, 9.17) is 0 Å². The lowest BCUT2D eigenvalue weighted by Crippen LogP contribution is -3.12. The Morgan fingerprint density at radius 1 is 1.08 bits per heavy atom. The summed E-state index contributed by atoms with van der Waals surface area (Å²) in [4.78, 5) is 1.73. The van der Waals surface area contributed by atoms with Crippen LogP contribution in [-0.2, 0) is 0 Å². The van der Waals surface area contributed by atoms with Crippen molar-refractivity contribution in [2.45, 2.75) is 71.8 Å². The summed E-state index contributed by atoms with van der Waals surface area (Å²) in [5, 5.41) is 18.4. The molecule has 1 saturated carbocycles. The first kappa shape index (κ1) is 17.6. The van der Waals surface area contributed by atoms with Crippen molar-refractivity contribution in [3.63, 3.8) is 0 Å². The molecule has 4 rings (SSSR count). The van der Waals surface area contributed by atoms with Gasteiger partial charge in [0.05, 0.1) is 12.6 Å². The van der Waals surface area contributed by atoms with E-state index in [1.807, 2.05) is 0 Å². The molecular formula is C23H30N3+. The number of nitriles is 2. The molecule has 136 valence electrons. The van der Waals surface area contributed by atoms with Crippen molar-refractivity contribution < 1.29 is 4.90 Å². The number of quaternary nitrogens is 1. The van der Waals surface area contributed by atoms with Crippen LogP contribution in [0.1, 0.15) is 65.7 Å². The SMILES string of the molecule is CC1(C)C[C@@H]2C[C@@](C)(C[NH+]2C2=CC3=CC(=C(C#N)C#N)CC[C@@H]3CC2)C1. The van der Waals surface area contributed by atoms with Crippen molar-refractivity contribution in [2.24, 2.45) is 16.7 Å². The topological polar surface area (TPSA) is 52.0 Å². The van der Waals surface area contributed by atoms with Gasteiger partial charge in [0, 0.05) is 24.7 Å². The van der Waals surface area contributed by atoms with Gasteiger partial charge in [0.15, 0.2) is 0 Å². The number of fused-ring (bicyclic) bond motifs is 3. The summed E-state index contributed by atoms with van der Waals surface area (Å²) in [5.74, 6) is 0.620. The van der Waals surface area contributed by atoms with E-state index in [-0.39, 0.29) is 0 Å². The van der Waals surface area contributed by atoms with Crippen LogP contribution >= 0.6 is 0 Å². The first-order valence-electron chi connectivity index (χ1n) is 10.1. The van der Waals surface area contributed by atoms with E-state index in [0.29, 0.717) is 22.3 Å². The molecule has 3 aliphatic carbocycles. The molecule has 1 saturated heterocycles. The molecule has 0 aromatic carbocycles. The first-order valence-corrected chi connectivity index (χ1v) is 10.1. The van der Waals surface area contributed by atoms with E-state index in [1.54, 1.807) is 10.6 Å². The standard InChI is InChI=1S/C23H29N3/c1-22(2)10-21-11-23(3,14-22)15-26(21)20-7-6-16-4-5-17(8-18(16)9-20)19(12-24)13-25/h8-9,16,21H,4-7,10-11,14-15H2,1-3H3/p+1/t16-,21-,23-/m1/s1. The lowest BCUT2D eigenvalue weighted by Gasteiger charge is -2.37. The van der Waals surface area contributed by atoms with E-state index in [9.17, 15) is 10.5 Å². The van der Waals surface area contributed by atoms with Gasteiger partial charge in [0.1, 0.15) is 23.4 Å². The van der Waals surface area contributed by atoms with Gasteiger partial charge in [-0.05, 0) is 54.2 Å². The second kappa shape index (κ2) is 6.11. The molecule has 1 heterocycles. The molecule has 0 radical (unpaired) electrons. The number of hydrogen-bond donors (Lipinski definition) is 1. The summed E-state index contributed by atoms with van der Waals surface area (Å²) in [6.45, 7) is 8.65. The lowest BCUT2D eigenvalue weighted by atomic mass is 9.65. The molecule has 3 heteroatoms. The predicted octanol–water partition coefficient (Wildman–Crippen LogP) is 3.83. The highest BCUT2D eigenvalue weighted by atomic mass is 15.2. The van der Waals surface area contributed by atoms with Crippen LogP contribution in [0, 0.1) is 39.4 Å². The minimum Gasteiger partial charge on any atom is -0.303 e. The monoisotopic (exact) mass is 348 g/mol. The molecule has 0 aromatic rings. The van der Waals surface area contributed by atoms with Crippen molar-refractivity contribution in [3.8, 4) is 12.1 Å². The van der Waals surface area contributed by atoms with Crippen LogP contribution in [0.5, 0.6) is 0 Å². The average molecular weight is 349 g/mol. The molecule has 26 heavy (non-hydrogen) atoms. The molecule has 3 nitrogen and oxygen atoms in total. The fourth-order valence-corrected chi connectivity index (χ4v) is 6.57. The van der Waals surface area contributed by atoms with Crippen LogP contribution in [0.15, 0.2) is 34.6 Å². The van der Waals surface area contributed by atoms with Gasteiger partial charge in [0.2, 0.25) is 0 Å². The minimum atomic E-state index is 0.301. The second-order valence-corrected chi connectivity index (χ2v) is 10.2. The fourth-order valence-electron chi connectivity index (χ4n) is 6.57. The summed E-state index contributed by atoms with van der Waals surface area (Å²) >= 11 is 0. The van der Waals surface area contributed by atoms with E-state index in [1.165, 1.54) is 44.2 Å². The molecule has 2 fully saturated rings. The van der Waals surface area contributed by atoms with Gasteiger partial charge in [-0.15, -0.1) is 0 Å². The summed E-state index contributed by atoms with van der Waals surface area (Å²) in [7, 11) is 0. The molecule has 1 unspecified atom stereocenters. The zero-order valence-electron chi connectivity index (χ0n) is 16.4. The smallest absolute Gasteiger partial charge is 0.132 e. The Hall–Kier alpha value is -1.84. The van der Waals surface area contributed by atoms with Crippen LogP contribution in [0.2, 0.25) is 0 Å². The Labute approximate surface area is 157 Å². The second-order valence-electron chi connectivity index (χ2n) is 10.2. The van der Waals surface area contributed by atoms with E-state index < -0.39 is 0 Å². The van der Waals surface area contributed by atoms with Crippen LogP contribution in [-0.4, -0.2) is 12.6 Å². The van der Waals surface area contributed by atoms with Gasteiger partial charge >= 0.3 is 0 Å². The normalized spacial score (nSPS) is 37.7. The van der Waals surface area contributed by atoms with Gasteiger partial charge in [-0.1, -0.05) is 26.8 Å². The number of likely N-dealkylation sites (tertiary alicyclic amines) is 1. The maximum Gasteiger partial charge on any atom is 0.132 e. The molecule has 4 aliphatic rings. The molecule has 4 atom stereocenters. The van der Waals surface area contributed by atoms with Crippen LogP contribution in [0.3, 0.4) is 0 Å². The van der Waals surface area contributed by atoms with Crippen molar-refractivity contribution in [1.82, 2.24) is 0 Å². The molecule has 0 spiro atoms. The Morgan fingerprint density at radius 3 is 2.54 bits per heavy atom. The van der Waals surface area contributed by atoms with E-state index in [0.717, 1.165) is 24.5 Å². The van der Waals surface area contributed by atoms with Crippen LogP contribution in [0.25, 0.3) is 0 Å². The van der Waals surface area contributed by atoms with E-state index in [2.05, 4.69) is 45.1 Å². The maximum absolute atomic E-state index is 9.20. The first-order chi connectivity index (χ1) is 12.3. The van der Waals surface area contributed by atoms with Crippen molar-refractivity contribution in [1.29, 1.82) is 10.5 Å². The highest BCUT2D eigenvalue weighted by Gasteiger charge is 2.54. The molecule has 0 aromatic heterocycles. The fraction of sp³-hybridized carbons (Fsp3) is 0.652. The average Bonchev–Trinajstić information content (AvgIpc) is 2.84. The molecule has 1 aliphatic heterocycles. The molecular weight excluding hydrogens is 318 g/mol. The van der Waals surface area contributed by atoms with Gasteiger partial charge in [-0.2, -0.15) is 10.5 Å². The summed E-state index contributed by atoms with van der Waals surface area (Å²) in [6, 6.07) is 4.91. The van der Waals surface area contributed by atoms with Crippen molar-refractivity contribution >= 4 is 0 Å². The third-order valence-electron chi connectivity index (χ3n) is 7.19. The van der Waals surface area contributed by atoms with Gasteiger partial charge in [0.25, 0.3) is 0 Å². The van der Waals surface area contributed by atoms with Gasteiger partial charge in [-0.25, -0.2) is 0 Å². The number of allylic oxidation sites excluding steroid dienone is 6. The Balaban J connectivity index is 1.65.